The lowest BCUT2D eigenvalue weighted by molar-refractivity contribution is -0.258. The smallest absolute Gasteiger partial charge is 0.376 e. The van der Waals surface area contributed by atoms with Crippen molar-refractivity contribution in [3.05, 3.63) is 88.3 Å². The molecule has 4 rings (SSSR count). The molecule has 0 saturated heterocycles. The van der Waals surface area contributed by atoms with Gasteiger partial charge in [-0.05, 0) is 83.6 Å². The molecule has 1 unspecified atom stereocenters. The monoisotopic (exact) mass is 614 g/mol. The van der Waals surface area contributed by atoms with Crippen LogP contribution in [0.2, 0.25) is 0 Å². The zero-order chi connectivity index (χ0) is 25.4. The van der Waals surface area contributed by atoms with Gasteiger partial charge in [0.15, 0.2) is 5.60 Å². The molecule has 0 saturated carbocycles. The summed E-state index contributed by atoms with van der Waals surface area (Å²) in [6, 6.07) is 16.0. The number of aromatic nitrogens is 3. The number of sulfonamides is 1. The highest BCUT2D eigenvalue weighted by Crippen LogP contribution is 2.38. The molecule has 0 radical (unpaired) electrons. The van der Waals surface area contributed by atoms with Gasteiger partial charge in [-0.25, -0.2) is 13.1 Å². The normalized spacial score (nSPS) is 13.9. The molecule has 0 aliphatic heterocycles. The van der Waals surface area contributed by atoms with Gasteiger partial charge in [0.2, 0.25) is 0 Å². The first-order valence-corrected chi connectivity index (χ1v) is 12.6. The molecule has 2 N–H and O–H groups in total. The summed E-state index contributed by atoms with van der Waals surface area (Å²) in [5, 5.41) is 14.4. The largest absolute Gasteiger partial charge is 0.421 e. The van der Waals surface area contributed by atoms with Crippen LogP contribution in [0.5, 0.6) is 0 Å². The maximum absolute atomic E-state index is 13.2. The van der Waals surface area contributed by atoms with Gasteiger partial charge >= 0.3 is 6.18 Å². The molecule has 182 valence electrons. The molecule has 2 aromatic heterocycles. The molecule has 0 aliphatic carbocycles. The van der Waals surface area contributed by atoms with Crippen molar-refractivity contribution in [1.82, 2.24) is 14.8 Å². The van der Waals surface area contributed by atoms with E-state index < -0.39 is 21.8 Å². The van der Waals surface area contributed by atoms with Gasteiger partial charge in [-0.15, -0.1) is 0 Å². The first-order valence-electron chi connectivity index (χ1n) is 10.1. The Kier molecular flexibility index (Phi) is 6.64. The Morgan fingerprint density at radius 1 is 0.971 bits per heavy atom. The fourth-order valence-electron chi connectivity index (χ4n) is 3.22. The maximum atomic E-state index is 13.2. The molecule has 7 nitrogen and oxygen atoms in total. The van der Waals surface area contributed by atoms with E-state index in [4.69, 9.17) is 0 Å². The fourth-order valence-corrected chi connectivity index (χ4v) is 4.61. The summed E-state index contributed by atoms with van der Waals surface area (Å²) in [5.41, 5.74) is -2.06. The van der Waals surface area contributed by atoms with E-state index in [1.54, 1.807) is 36.7 Å². The third-order valence-electron chi connectivity index (χ3n) is 5.27. The van der Waals surface area contributed by atoms with Crippen LogP contribution in [-0.2, 0) is 15.6 Å². The predicted molar refractivity (Wildman–Crippen MR) is 132 cm³/mol. The Morgan fingerprint density at radius 3 is 2.14 bits per heavy atom. The topological polar surface area (TPSA) is 97.1 Å². The second-order valence-electron chi connectivity index (χ2n) is 7.74. The van der Waals surface area contributed by atoms with E-state index >= 15 is 0 Å². The van der Waals surface area contributed by atoms with Gasteiger partial charge in [0.05, 0.1) is 16.3 Å². The van der Waals surface area contributed by atoms with Crippen LogP contribution in [0.25, 0.3) is 16.9 Å². The zero-order valence-electron chi connectivity index (χ0n) is 18.0. The molecule has 0 fully saturated rings. The highest BCUT2D eigenvalue weighted by molar-refractivity contribution is 14.1. The van der Waals surface area contributed by atoms with Crippen LogP contribution in [0.4, 0.5) is 19.0 Å². The Labute approximate surface area is 212 Å². The zero-order valence-corrected chi connectivity index (χ0v) is 21.0. The summed E-state index contributed by atoms with van der Waals surface area (Å²) in [7, 11) is -4.00. The number of benzene rings is 2. The highest BCUT2D eigenvalue weighted by Gasteiger charge is 2.51. The van der Waals surface area contributed by atoms with E-state index in [1.165, 1.54) is 35.0 Å². The SMILES string of the molecule is CC(O)(c1ccc(-n2nc(-c3ccncc3)cc2NS(=O)(=O)c2ccc(I)cc2)cc1)C(F)(F)F. The summed E-state index contributed by atoms with van der Waals surface area (Å²) in [4.78, 5) is 3.99. The van der Waals surface area contributed by atoms with Crippen molar-refractivity contribution in [1.29, 1.82) is 0 Å². The van der Waals surface area contributed by atoms with Gasteiger partial charge in [0, 0.05) is 27.6 Å². The first kappa shape index (κ1) is 25.1. The average molecular weight is 614 g/mol. The van der Waals surface area contributed by atoms with Crippen molar-refractivity contribution in [3.63, 3.8) is 0 Å². The first-order chi connectivity index (χ1) is 16.4. The highest BCUT2D eigenvalue weighted by atomic mass is 127. The van der Waals surface area contributed by atoms with Crippen molar-refractivity contribution in [2.45, 2.75) is 23.6 Å². The summed E-state index contributed by atoms with van der Waals surface area (Å²) in [5.74, 6) is 0.0747. The van der Waals surface area contributed by atoms with Crippen molar-refractivity contribution < 1.29 is 26.7 Å². The molecule has 0 amide bonds. The molecule has 0 bridgehead atoms. The van der Waals surface area contributed by atoms with E-state index in [2.05, 4.69) is 37.4 Å². The maximum Gasteiger partial charge on any atom is 0.421 e. The number of alkyl halides is 3. The third-order valence-corrected chi connectivity index (χ3v) is 7.36. The molecule has 12 heteroatoms. The number of pyridine rings is 1. The number of nitrogens with zero attached hydrogens (tertiary/aromatic N) is 3. The molecule has 1 atom stereocenters. The molecule has 0 spiro atoms. The average Bonchev–Trinajstić information content (AvgIpc) is 3.22. The van der Waals surface area contributed by atoms with Crippen LogP contribution in [0, 0.1) is 3.57 Å². The molecular weight excluding hydrogens is 596 g/mol. The van der Waals surface area contributed by atoms with Gasteiger partial charge in [0.1, 0.15) is 5.82 Å². The minimum absolute atomic E-state index is 0.0349. The number of anilines is 1. The lowest BCUT2D eigenvalue weighted by atomic mass is 9.95. The fraction of sp³-hybridized carbons (Fsp3) is 0.130. The molecule has 4 aromatic rings. The molecule has 0 aliphatic rings. The van der Waals surface area contributed by atoms with Crippen molar-refractivity contribution >= 4 is 38.4 Å². The Balaban J connectivity index is 1.77. The molecular formula is C23H18F3IN4O3S. The second-order valence-corrected chi connectivity index (χ2v) is 10.7. The lowest BCUT2D eigenvalue weighted by Crippen LogP contribution is -2.39. The summed E-state index contributed by atoms with van der Waals surface area (Å²) < 4.78 is 70.3. The Morgan fingerprint density at radius 2 is 1.57 bits per heavy atom. The standard InChI is InChI=1S/C23H18F3IN4O3S/c1-22(32,23(24,25)26)16-2-6-18(7-3-16)31-21(14-20(29-31)15-10-12-28-13-11-15)30-35(33,34)19-8-4-17(27)5-9-19/h2-14,30,32H,1H3. The predicted octanol–water partition coefficient (Wildman–Crippen LogP) is 5.11. The molecule has 2 aromatic carbocycles. The summed E-state index contributed by atoms with van der Waals surface area (Å²) >= 11 is 2.06. The number of halogens is 4. The van der Waals surface area contributed by atoms with E-state index in [-0.39, 0.29) is 22.0 Å². The van der Waals surface area contributed by atoms with Gasteiger partial charge in [0.25, 0.3) is 10.0 Å². The van der Waals surface area contributed by atoms with Gasteiger partial charge in [-0.1, -0.05) is 12.1 Å². The minimum atomic E-state index is -4.87. The van der Waals surface area contributed by atoms with E-state index in [1.807, 2.05) is 0 Å². The number of aliphatic hydroxyl groups is 1. The van der Waals surface area contributed by atoms with Crippen LogP contribution in [0.3, 0.4) is 0 Å². The second kappa shape index (κ2) is 9.24. The van der Waals surface area contributed by atoms with Crippen molar-refractivity contribution in [2.75, 3.05) is 4.72 Å². The summed E-state index contributed by atoms with van der Waals surface area (Å²) in [6.45, 7) is 0.665. The number of rotatable bonds is 6. The van der Waals surface area contributed by atoms with Crippen molar-refractivity contribution in [2.24, 2.45) is 0 Å². The van der Waals surface area contributed by atoms with E-state index in [9.17, 15) is 26.7 Å². The number of nitrogens with one attached hydrogen (secondary N) is 1. The minimum Gasteiger partial charge on any atom is -0.376 e. The Bertz CT molecular complexity index is 1440. The summed E-state index contributed by atoms with van der Waals surface area (Å²) in [6.07, 6.45) is -1.77. The third kappa shape index (κ3) is 5.18. The lowest BCUT2D eigenvalue weighted by Gasteiger charge is -2.26. The number of hydrogen-bond donors (Lipinski definition) is 2. The van der Waals surface area contributed by atoms with Crippen LogP contribution in [0.15, 0.2) is 84.0 Å². The van der Waals surface area contributed by atoms with Gasteiger partial charge in [-0.2, -0.15) is 18.3 Å². The van der Waals surface area contributed by atoms with E-state index in [0.717, 1.165) is 15.7 Å². The van der Waals surface area contributed by atoms with Crippen LogP contribution >= 0.6 is 22.6 Å². The molecule has 35 heavy (non-hydrogen) atoms. The molecule has 2 heterocycles. The number of hydrogen-bond acceptors (Lipinski definition) is 5. The van der Waals surface area contributed by atoms with Crippen molar-refractivity contribution in [3.8, 4) is 16.9 Å². The van der Waals surface area contributed by atoms with Crippen LogP contribution in [-0.4, -0.2) is 34.5 Å². The van der Waals surface area contributed by atoms with Crippen LogP contribution in [0.1, 0.15) is 12.5 Å². The van der Waals surface area contributed by atoms with Crippen LogP contribution < -0.4 is 4.72 Å². The quantitative estimate of drug-likeness (QED) is 0.295. The van der Waals surface area contributed by atoms with E-state index in [0.29, 0.717) is 18.2 Å². The van der Waals surface area contributed by atoms with Gasteiger partial charge in [-0.3, -0.25) is 9.71 Å². The van der Waals surface area contributed by atoms with Gasteiger partial charge < -0.3 is 5.11 Å². The Hall–Kier alpha value is -2.97.